The van der Waals surface area contributed by atoms with Crippen molar-refractivity contribution in [2.45, 2.75) is 57.9 Å². The smallest absolute Gasteiger partial charge is 0.285 e. The topological polar surface area (TPSA) is 29.1 Å². The van der Waals surface area contributed by atoms with Crippen LogP contribution >= 0.6 is 0 Å². The molecule has 3 nitrogen and oxygen atoms in total. The first-order chi connectivity index (χ1) is 10.9. The summed E-state index contributed by atoms with van der Waals surface area (Å²) in [5.41, 5.74) is 2.11. The number of benzene rings is 1. The minimum absolute atomic E-state index is 0.125. The lowest BCUT2D eigenvalue weighted by atomic mass is 10.1. The Hall–Kier alpha value is -1.42. The molecule has 0 atom stereocenters. The summed E-state index contributed by atoms with van der Waals surface area (Å²) in [5.74, 6) is -0.120. The van der Waals surface area contributed by atoms with Crippen LogP contribution in [0, 0.1) is 19.7 Å². The van der Waals surface area contributed by atoms with Crippen LogP contribution in [0.2, 0.25) is 0 Å². The summed E-state index contributed by atoms with van der Waals surface area (Å²) in [5, 5.41) is 3.13. The van der Waals surface area contributed by atoms with E-state index < -0.39 is 0 Å². The molecule has 1 aromatic rings. The molecule has 2 aliphatic rings. The SMILES string of the molecule is Cc1cc(F)cc(C)c1NC(=O)C1([N+]2(C)CCCCCC2)CC1. The van der Waals surface area contributed by atoms with Gasteiger partial charge in [-0.2, -0.15) is 0 Å². The minimum atomic E-state index is -0.266. The number of rotatable bonds is 3. The number of likely N-dealkylation sites (N-methyl/N-ethyl adjacent to an activating group) is 1. The fourth-order valence-electron chi connectivity index (χ4n) is 4.28. The number of hydrogen-bond donors (Lipinski definition) is 1. The van der Waals surface area contributed by atoms with Crippen LogP contribution in [-0.2, 0) is 4.79 Å². The van der Waals surface area contributed by atoms with Crippen LogP contribution in [0.4, 0.5) is 10.1 Å². The number of anilines is 1. The third-order valence-electron chi connectivity index (χ3n) is 5.97. The highest BCUT2D eigenvalue weighted by Gasteiger charge is 2.63. The maximum absolute atomic E-state index is 13.5. The van der Waals surface area contributed by atoms with Crippen molar-refractivity contribution in [3.8, 4) is 0 Å². The third-order valence-corrected chi connectivity index (χ3v) is 5.97. The molecule has 1 aromatic carbocycles. The summed E-state index contributed by atoms with van der Waals surface area (Å²) in [6.07, 6.45) is 6.91. The number of carbonyl (C=O) groups excluding carboxylic acids is 1. The van der Waals surface area contributed by atoms with E-state index in [2.05, 4.69) is 12.4 Å². The standard InChI is InChI=1S/C19H27FN2O/c1-14-12-16(20)13-15(2)17(14)21-18(23)19(8-9-19)22(3)10-6-4-5-7-11-22/h12-13H,4-11H2,1-3H3/p+1. The first kappa shape index (κ1) is 16.4. The van der Waals surface area contributed by atoms with Crippen LogP contribution in [-0.4, -0.2) is 36.1 Å². The van der Waals surface area contributed by atoms with Crippen molar-refractivity contribution in [1.29, 1.82) is 0 Å². The average Bonchev–Trinajstić information content (AvgIpc) is 3.28. The molecule has 1 amide bonds. The fraction of sp³-hybridized carbons (Fsp3) is 0.632. The molecule has 126 valence electrons. The molecule has 3 rings (SSSR count). The summed E-state index contributed by atoms with van der Waals surface area (Å²) in [7, 11) is 2.25. The van der Waals surface area contributed by atoms with Crippen LogP contribution in [0.15, 0.2) is 12.1 Å². The second-order valence-corrected chi connectivity index (χ2v) is 7.66. The first-order valence-electron chi connectivity index (χ1n) is 8.81. The van der Waals surface area contributed by atoms with E-state index in [1.807, 2.05) is 13.8 Å². The molecule has 1 saturated carbocycles. The Morgan fingerprint density at radius 3 is 2.09 bits per heavy atom. The van der Waals surface area contributed by atoms with E-state index >= 15 is 0 Å². The van der Waals surface area contributed by atoms with Gasteiger partial charge in [-0.25, -0.2) is 4.39 Å². The van der Waals surface area contributed by atoms with Gasteiger partial charge in [-0.15, -0.1) is 0 Å². The third kappa shape index (κ3) is 2.89. The highest BCUT2D eigenvalue weighted by atomic mass is 19.1. The Morgan fingerprint density at radius 1 is 1.09 bits per heavy atom. The van der Waals surface area contributed by atoms with E-state index in [4.69, 9.17) is 0 Å². The summed E-state index contributed by atoms with van der Waals surface area (Å²) in [4.78, 5) is 13.1. The Balaban J connectivity index is 1.83. The second kappa shape index (κ2) is 5.90. The molecule has 1 aliphatic heterocycles. The molecule has 0 bridgehead atoms. The van der Waals surface area contributed by atoms with Crippen molar-refractivity contribution in [1.82, 2.24) is 0 Å². The number of hydrogen-bond acceptors (Lipinski definition) is 1. The van der Waals surface area contributed by atoms with E-state index in [9.17, 15) is 9.18 Å². The number of nitrogens with zero attached hydrogens (tertiary/aromatic N) is 1. The molecular formula is C19H28FN2O+. The molecule has 0 unspecified atom stereocenters. The molecule has 0 aromatic heterocycles. The molecule has 4 heteroatoms. The molecular weight excluding hydrogens is 291 g/mol. The zero-order valence-electron chi connectivity index (χ0n) is 14.5. The van der Waals surface area contributed by atoms with E-state index in [0.29, 0.717) is 0 Å². The Morgan fingerprint density at radius 2 is 1.61 bits per heavy atom. The van der Waals surface area contributed by atoms with Gasteiger partial charge in [-0.05, 0) is 62.8 Å². The van der Waals surface area contributed by atoms with Crippen LogP contribution in [0.1, 0.15) is 49.7 Å². The maximum Gasteiger partial charge on any atom is 0.285 e. The van der Waals surface area contributed by atoms with Crippen molar-refractivity contribution in [3.63, 3.8) is 0 Å². The molecule has 1 N–H and O–H groups in total. The molecule has 1 heterocycles. The Bertz CT molecular complexity index is 591. The monoisotopic (exact) mass is 319 g/mol. The zero-order valence-corrected chi connectivity index (χ0v) is 14.5. The van der Waals surface area contributed by atoms with E-state index in [-0.39, 0.29) is 17.3 Å². The van der Waals surface area contributed by atoms with E-state index in [1.165, 1.54) is 37.8 Å². The quantitative estimate of drug-likeness (QED) is 0.840. The van der Waals surface area contributed by atoms with Crippen LogP contribution in [0.5, 0.6) is 0 Å². The lowest BCUT2D eigenvalue weighted by Gasteiger charge is -2.41. The number of nitrogens with one attached hydrogen (secondary N) is 1. The number of amides is 1. The second-order valence-electron chi connectivity index (χ2n) is 7.66. The normalized spacial score (nSPS) is 22.3. The van der Waals surface area contributed by atoms with Crippen LogP contribution < -0.4 is 5.32 Å². The van der Waals surface area contributed by atoms with Gasteiger partial charge in [0.2, 0.25) is 0 Å². The van der Waals surface area contributed by atoms with Crippen LogP contribution in [0.25, 0.3) is 0 Å². The number of likely N-dealkylation sites (tertiary alicyclic amines) is 1. The van der Waals surface area contributed by atoms with Gasteiger partial charge in [0.05, 0.1) is 20.1 Å². The van der Waals surface area contributed by atoms with Crippen molar-refractivity contribution < 1.29 is 13.7 Å². The van der Waals surface area contributed by atoms with Crippen molar-refractivity contribution in [3.05, 3.63) is 29.1 Å². The molecule has 23 heavy (non-hydrogen) atoms. The van der Waals surface area contributed by atoms with Crippen LogP contribution in [0.3, 0.4) is 0 Å². The summed E-state index contributed by atoms with van der Waals surface area (Å²) < 4.78 is 14.3. The van der Waals surface area contributed by atoms with Gasteiger partial charge in [0.15, 0.2) is 5.54 Å². The fourth-order valence-corrected chi connectivity index (χ4v) is 4.28. The highest BCUT2D eigenvalue weighted by Crippen LogP contribution is 2.48. The highest BCUT2D eigenvalue weighted by molar-refractivity contribution is 6.00. The van der Waals surface area contributed by atoms with Crippen molar-refractivity contribution in [2.75, 3.05) is 25.5 Å². The molecule has 0 radical (unpaired) electrons. The lowest BCUT2D eigenvalue weighted by molar-refractivity contribution is -0.933. The average molecular weight is 319 g/mol. The van der Waals surface area contributed by atoms with Gasteiger partial charge in [0.25, 0.3) is 5.91 Å². The van der Waals surface area contributed by atoms with Gasteiger partial charge >= 0.3 is 0 Å². The van der Waals surface area contributed by atoms with Crippen molar-refractivity contribution in [2.24, 2.45) is 0 Å². The summed E-state index contributed by atoms with van der Waals surface area (Å²) >= 11 is 0. The summed E-state index contributed by atoms with van der Waals surface area (Å²) in [6, 6.07) is 2.98. The summed E-state index contributed by atoms with van der Waals surface area (Å²) in [6.45, 7) is 5.89. The number of quaternary nitrogens is 1. The maximum atomic E-state index is 13.5. The van der Waals surface area contributed by atoms with Crippen molar-refractivity contribution >= 4 is 11.6 Å². The number of carbonyl (C=O) groups is 1. The van der Waals surface area contributed by atoms with E-state index in [0.717, 1.165) is 47.2 Å². The largest absolute Gasteiger partial charge is 0.320 e. The lowest BCUT2D eigenvalue weighted by Crippen LogP contribution is -2.60. The van der Waals surface area contributed by atoms with E-state index in [1.54, 1.807) is 0 Å². The first-order valence-corrected chi connectivity index (χ1v) is 8.81. The minimum Gasteiger partial charge on any atom is -0.320 e. The van der Waals surface area contributed by atoms with Gasteiger partial charge in [0, 0.05) is 18.5 Å². The van der Waals surface area contributed by atoms with Gasteiger partial charge in [0.1, 0.15) is 5.82 Å². The zero-order chi connectivity index (χ0) is 16.7. The predicted octanol–water partition coefficient (Wildman–Crippen LogP) is 3.93. The number of halogens is 1. The Kier molecular flexibility index (Phi) is 4.21. The molecule has 1 saturated heterocycles. The van der Waals surface area contributed by atoms with Gasteiger partial charge in [-0.3, -0.25) is 4.79 Å². The molecule has 2 fully saturated rings. The van der Waals surface area contributed by atoms with Gasteiger partial charge < -0.3 is 9.80 Å². The molecule has 0 spiro atoms. The number of aryl methyl sites for hydroxylation is 2. The van der Waals surface area contributed by atoms with Gasteiger partial charge in [-0.1, -0.05) is 0 Å². The molecule has 1 aliphatic carbocycles. The predicted molar refractivity (Wildman–Crippen MR) is 90.9 cm³/mol. The Labute approximate surface area is 138 Å².